The first-order chi connectivity index (χ1) is 16.6. The SMILES string of the molecule is COc1ccc2nccc(N3CCN(CC4CN(c5ccc(OC)c(Cl)c5)C(=O)O4)CC3)c2n1. The Morgan fingerprint density at radius 2 is 1.91 bits per heavy atom. The number of hydrogen-bond acceptors (Lipinski definition) is 8. The van der Waals surface area contributed by atoms with Crippen LogP contribution in [0.1, 0.15) is 0 Å². The summed E-state index contributed by atoms with van der Waals surface area (Å²) in [5.74, 6) is 1.15. The Morgan fingerprint density at radius 3 is 2.65 bits per heavy atom. The van der Waals surface area contributed by atoms with E-state index in [1.54, 1.807) is 31.3 Å². The lowest BCUT2D eigenvalue weighted by molar-refractivity contribution is 0.106. The minimum atomic E-state index is -0.354. The zero-order chi connectivity index (χ0) is 23.7. The van der Waals surface area contributed by atoms with E-state index in [0.717, 1.165) is 42.9 Å². The molecule has 0 saturated carbocycles. The van der Waals surface area contributed by atoms with Crippen molar-refractivity contribution >= 4 is 40.1 Å². The summed E-state index contributed by atoms with van der Waals surface area (Å²) in [5.41, 5.74) is 3.44. The molecule has 2 aromatic heterocycles. The standard InChI is InChI=1S/C24H26ClN5O4/c1-32-21-5-3-16(13-18(21)25)30-15-17(34-24(30)31)14-28-9-11-29(12-10-28)20-7-8-26-19-4-6-22(33-2)27-23(19)20/h3-8,13,17H,9-12,14-15H2,1-2H3. The van der Waals surface area contributed by atoms with Crippen LogP contribution in [0.25, 0.3) is 11.0 Å². The number of cyclic esters (lactones) is 1. The summed E-state index contributed by atoms with van der Waals surface area (Å²) in [6, 6.07) is 11.0. The fraction of sp³-hybridized carbons (Fsp3) is 0.375. The van der Waals surface area contributed by atoms with Gasteiger partial charge in [0.1, 0.15) is 17.4 Å². The minimum Gasteiger partial charge on any atom is -0.495 e. The average Bonchev–Trinajstić information content (AvgIpc) is 3.23. The van der Waals surface area contributed by atoms with Crippen molar-refractivity contribution in [2.24, 2.45) is 0 Å². The van der Waals surface area contributed by atoms with E-state index in [4.69, 9.17) is 25.8 Å². The number of piperazine rings is 1. The second kappa shape index (κ2) is 9.52. The number of ether oxygens (including phenoxy) is 3. The van der Waals surface area contributed by atoms with E-state index in [1.807, 2.05) is 30.5 Å². The molecule has 4 heterocycles. The molecule has 178 valence electrons. The van der Waals surface area contributed by atoms with Gasteiger partial charge < -0.3 is 19.1 Å². The molecule has 2 aliphatic heterocycles. The molecule has 1 amide bonds. The van der Waals surface area contributed by atoms with Crippen molar-refractivity contribution in [3.8, 4) is 11.6 Å². The number of carbonyl (C=O) groups excluding carboxylic acids is 1. The van der Waals surface area contributed by atoms with Gasteiger partial charge in [0.15, 0.2) is 0 Å². The molecule has 3 aromatic rings. The minimum absolute atomic E-state index is 0.201. The molecule has 1 aromatic carbocycles. The first-order valence-electron chi connectivity index (χ1n) is 11.1. The number of anilines is 2. The summed E-state index contributed by atoms with van der Waals surface area (Å²) < 4.78 is 16.1. The van der Waals surface area contributed by atoms with E-state index in [-0.39, 0.29) is 12.2 Å². The molecule has 2 fully saturated rings. The van der Waals surface area contributed by atoms with Crippen molar-refractivity contribution in [1.82, 2.24) is 14.9 Å². The summed E-state index contributed by atoms with van der Waals surface area (Å²) in [5, 5.41) is 0.461. The number of nitrogens with zero attached hydrogens (tertiary/aromatic N) is 5. The molecule has 1 unspecified atom stereocenters. The van der Waals surface area contributed by atoms with Gasteiger partial charge in [-0.2, -0.15) is 0 Å². The molecule has 5 rings (SSSR count). The highest BCUT2D eigenvalue weighted by atomic mass is 35.5. The number of benzene rings is 1. The van der Waals surface area contributed by atoms with Crippen molar-refractivity contribution in [3.05, 3.63) is 47.6 Å². The lowest BCUT2D eigenvalue weighted by Gasteiger charge is -2.36. The van der Waals surface area contributed by atoms with Crippen molar-refractivity contribution < 1.29 is 19.0 Å². The molecular formula is C24H26ClN5O4. The monoisotopic (exact) mass is 483 g/mol. The third kappa shape index (κ3) is 4.41. The Morgan fingerprint density at radius 1 is 1.09 bits per heavy atom. The number of hydrogen-bond donors (Lipinski definition) is 0. The smallest absolute Gasteiger partial charge is 0.414 e. The number of carbonyl (C=O) groups is 1. The maximum Gasteiger partial charge on any atom is 0.414 e. The molecule has 1 atom stereocenters. The Kier molecular flexibility index (Phi) is 6.30. The number of fused-ring (bicyclic) bond motifs is 1. The van der Waals surface area contributed by atoms with Gasteiger partial charge in [-0.3, -0.25) is 14.8 Å². The normalized spacial score (nSPS) is 18.9. The molecule has 9 nitrogen and oxygen atoms in total. The van der Waals surface area contributed by atoms with Crippen LogP contribution in [-0.4, -0.2) is 80.6 Å². The Labute approximate surface area is 202 Å². The second-order valence-electron chi connectivity index (χ2n) is 8.27. The molecular weight excluding hydrogens is 458 g/mol. The molecule has 0 aliphatic carbocycles. The molecule has 0 spiro atoms. The van der Waals surface area contributed by atoms with Gasteiger partial charge in [-0.05, 0) is 30.3 Å². The van der Waals surface area contributed by atoms with Crippen molar-refractivity contribution in [2.75, 3.05) is 63.3 Å². The largest absolute Gasteiger partial charge is 0.495 e. The van der Waals surface area contributed by atoms with E-state index < -0.39 is 0 Å². The number of pyridine rings is 2. The topological polar surface area (TPSA) is 80.3 Å². The highest BCUT2D eigenvalue weighted by molar-refractivity contribution is 6.32. The quantitative estimate of drug-likeness (QED) is 0.527. The Hall–Kier alpha value is -3.30. The fourth-order valence-corrected chi connectivity index (χ4v) is 4.72. The predicted octanol–water partition coefficient (Wildman–Crippen LogP) is 3.45. The first kappa shape index (κ1) is 22.5. The molecule has 0 radical (unpaired) electrons. The van der Waals surface area contributed by atoms with Gasteiger partial charge in [-0.25, -0.2) is 9.78 Å². The fourth-order valence-electron chi connectivity index (χ4n) is 4.47. The number of aromatic nitrogens is 2. The number of amides is 1. The van der Waals surface area contributed by atoms with Gasteiger partial charge in [-0.15, -0.1) is 0 Å². The van der Waals surface area contributed by atoms with Gasteiger partial charge >= 0.3 is 6.09 Å². The highest BCUT2D eigenvalue weighted by Crippen LogP contribution is 2.31. The van der Waals surface area contributed by atoms with Crippen LogP contribution in [0.2, 0.25) is 5.02 Å². The molecule has 2 aliphatic rings. The van der Waals surface area contributed by atoms with E-state index in [0.29, 0.717) is 35.4 Å². The summed E-state index contributed by atoms with van der Waals surface area (Å²) in [6.07, 6.45) is 1.26. The molecule has 34 heavy (non-hydrogen) atoms. The van der Waals surface area contributed by atoms with Crippen LogP contribution >= 0.6 is 11.6 Å². The zero-order valence-corrected chi connectivity index (χ0v) is 19.9. The van der Waals surface area contributed by atoms with Crippen LogP contribution in [0.3, 0.4) is 0 Å². The van der Waals surface area contributed by atoms with Gasteiger partial charge in [0.2, 0.25) is 5.88 Å². The van der Waals surface area contributed by atoms with Gasteiger partial charge in [0, 0.05) is 50.7 Å². The number of halogens is 1. The maximum absolute atomic E-state index is 12.5. The first-order valence-corrected chi connectivity index (χ1v) is 11.5. The third-order valence-electron chi connectivity index (χ3n) is 6.24. The summed E-state index contributed by atoms with van der Waals surface area (Å²) in [4.78, 5) is 27.8. The van der Waals surface area contributed by atoms with Crippen LogP contribution in [-0.2, 0) is 4.74 Å². The summed E-state index contributed by atoms with van der Waals surface area (Å²) in [6.45, 7) is 4.57. The molecule has 10 heteroatoms. The van der Waals surface area contributed by atoms with Crippen LogP contribution in [0.4, 0.5) is 16.2 Å². The van der Waals surface area contributed by atoms with Crippen molar-refractivity contribution in [1.29, 1.82) is 0 Å². The van der Waals surface area contributed by atoms with Crippen LogP contribution in [0.5, 0.6) is 11.6 Å². The molecule has 2 saturated heterocycles. The number of methoxy groups -OCH3 is 2. The third-order valence-corrected chi connectivity index (χ3v) is 6.54. The molecule has 0 bridgehead atoms. The Bertz CT molecular complexity index is 1200. The highest BCUT2D eigenvalue weighted by Gasteiger charge is 2.34. The summed E-state index contributed by atoms with van der Waals surface area (Å²) >= 11 is 6.23. The van der Waals surface area contributed by atoms with E-state index in [9.17, 15) is 4.79 Å². The molecule has 0 N–H and O–H groups in total. The van der Waals surface area contributed by atoms with Crippen molar-refractivity contribution in [3.63, 3.8) is 0 Å². The predicted molar refractivity (Wildman–Crippen MR) is 130 cm³/mol. The van der Waals surface area contributed by atoms with Gasteiger partial charge in [0.05, 0.1) is 37.0 Å². The van der Waals surface area contributed by atoms with E-state index in [1.165, 1.54) is 0 Å². The van der Waals surface area contributed by atoms with Crippen molar-refractivity contribution in [2.45, 2.75) is 6.10 Å². The van der Waals surface area contributed by atoms with Gasteiger partial charge in [-0.1, -0.05) is 11.6 Å². The van der Waals surface area contributed by atoms with E-state index >= 15 is 0 Å². The van der Waals surface area contributed by atoms with Crippen LogP contribution in [0.15, 0.2) is 42.6 Å². The second-order valence-corrected chi connectivity index (χ2v) is 8.68. The summed E-state index contributed by atoms with van der Waals surface area (Å²) in [7, 11) is 3.18. The van der Waals surface area contributed by atoms with Crippen LogP contribution < -0.4 is 19.3 Å². The lowest BCUT2D eigenvalue weighted by atomic mass is 10.2. The zero-order valence-electron chi connectivity index (χ0n) is 19.1. The number of rotatable bonds is 6. The van der Waals surface area contributed by atoms with Gasteiger partial charge in [0.25, 0.3) is 0 Å². The average molecular weight is 484 g/mol. The maximum atomic E-state index is 12.5. The Balaban J connectivity index is 1.21. The lowest BCUT2D eigenvalue weighted by Crippen LogP contribution is -2.49. The van der Waals surface area contributed by atoms with Crippen LogP contribution in [0, 0.1) is 0 Å². The van der Waals surface area contributed by atoms with E-state index in [2.05, 4.69) is 19.8 Å².